The van der Waals surface area contributed by atoms with E-state index >= 15 is 0 Å². The predicted octanol–water partition coefficient (Wildman–Crippen LogP) is 0.308. The molecule has 1 rings (SSSR count). The lowest BCUT2D eigenvalue weighted by Gasteiger charge is -2.06. The Balaban J connectivity index is 2.49. The number of benzene rings is 1. The van der Waals surface area contributed by atoms with Gasteiger partial charge in [0.15, 0.2) is 6.61 Å². The normalized spacial score (nSPS) is 9.71. The molecular formula is C11H14N2O4. The molecule has 92 valence electrons. The minimum Gasteiger partial charge on any atom is -0.482 e. The lowest BCUT2D eigenvalue weighted by molar-refractivity contribution is -0.139. The number of ether oxygens (including phenoxy) is 1. The molecule has 1 aromatic carbocycles. The molecule has 6 heteroatoms. The molecule has 0 heterocycles. The summed E-state index contributed by atoms with van der Waals surface area (Å²) < 4.78 is 4.95. The SMILES string of the molecule is CNCC(=O)Nc1ccc(OCC(=O)O)cc1. The first kappa shape index (κ1) is 13.0. The van der Waals surface area contributed by atoms with Crippen molar-refractivity contribution in [2.75, 3.05) is 25.5 Å². The quantitative estimate of drug-likeness (QED) is 0.663. The molecule has 0 atom stereocenters. The summed E-state index contributed by atoms with van der Waals surface area (Å²) in [5.74, 6) is -0.734. The van der Waals surface area contributed by atoms with Crippen molar-refractivity contribution in [3.63, 3.8) is 0 Å². The summed E-state index contributed by atoms with van der Waals surface area (Å²) in [7, 11) is 1.68. The fourth-order valence-corrected chi connectivity index (χ4v) is 1.15. The maximum absolute atomic E-state index is 11.2. The number of aliphatic carboxylic acids is 1. The van der Waals surface area contributed by atoms with Crippen molar-refractivity contribution >= 4 is 17.6 Å². The van der Waals surface area contributed by atoms with Crippen molar-refractivity contribution < 1.29 is 19.4 Å². The van der Waals surface area contributed by atoms with Crippen molar-refractivity contribution in [1.29, 1.82) is 0 Å². The first-order valence-corrected chi connectivity index (χ1v) is 5.01. The van der Waals surface area contributed by atoms with E-state index in [9.17, 15) is 9.59 Å². The third kappa shape index (κ3) is 4.98. The third-order valence-electron chi connectivity index (χ3n) is 1.84. The molecule has 0 aliphatic carbocycles. The summed E-state index contributed by atoms with van der Waals surface area (Å²) in [5, 5.41) is 13.8. The van der Waals surface area contributed by atoms with Gasteiger partial charge in [-0.2, -0.15) is 0 Å². The number of anilines is 1. The summed E-state index contributed by atoms with van der Waals surface area (Å²) in [5.41, 5.74) is 0.632. The molecule has 0 unspecified atom stereocenters. The summed E-state index contributed by atoms with van der Waals surface area (Å²) in [4.78, 5) is 21.5. The standard InChI is InChI=1S/C11H14N2O4/c1-12-6-10(14)13-8-2-4-9(5-3-8)17-7-11(15)16/h2-5,12H,6-7H2,1H3,(H,13,14)(H,15,16). The number of hydrogen-bond donors (Lipinski definition) is 3. The van der Waals surface area contributed by atoms with Crippen LogP contribution in [0.3, 0.4) is 0 Å². The smallest absolute Gasteiger partial charge is 0.341 e. The minimum atomic E-state index is -1.03. The summed E-state index contributed by atoms with van der Waals surface area (Å²) in [6.45, 7) is -0.150. The van der Waals surface area contributed by atoms with Gasteiger partial charge in [-0.05, 0) is 31.3 Å². The van der Waals surface area contributed by atoms with Crippen molar-refractivity contribution in [2.24, 2.45) is 0 Å². The zero-order chi connectivity index (χ0) is 12.7. The van der Waals surface area contributed by atoms with Crippen molar-refractivity contribution in [3.8, 4) is 5.75 Å². The second-order valence-electron chi connectivity index (χ2n) is 3.29. The molecule has 3 N–H and O–H groups in total. The van der Waals surface area contributed by atoms with Crippen molar-refractivity contribution in [1.82, 2.24) is 5.32 Å². The monoisotopic (exact) mass is 238 g/mol. The molecule has 0 bridgehead atoms. The van der Waals surface area contributed by atoms with Crippen LogP contribution < -0.4 is 15.4 Å². The molecule has 6 nitrogen and oxygen atoms in total. The number of likely N-dealkylation sites (N-methyl/N-ethyl adjacent to an activating group) is 1. The Labute approximate surface area is 98.6 Å². The molecule has 17 heavy (non-hydrogen) atoms. The highest BCUT2D eigenvalue weighted by atomic mass is 16.5. The third-order valence-corrected chi connectivity index (χ3v) is 1.84. The van der Waals surface area contributed by atoms with Gasteiger partial charge < -0.3 is 20.5 Å². The number of carbonyl (C=O) groups is 2. The number of carbonyl (C=O) groups excluding carboxylic acids is 1. The summed E-state index contributed by atoms with van der Waals surface area (Å²) >= 11 is 0. The van der Waals surface area contributed by atoms with E-state index in [-0.39, 0.29) is 19.1 Å². The Morgan fingerprint density at radius 2 is 1.94 bits per heavy atom. The molecule has 0 saturated carbocycles. The largest absolute Gasteiger partial charge is 0.482 e. The van der Waals surface area contributed by atoms with E-state index in [0.717, 1.165) is 0 Å². The van der Waals surface area contributed by atoms with Gasteiger partial charge in [0.25, 0.3) is 0 Å². The molecule has 0 aliphatic heterocycles. The molecule has 0 spiro atoms. The van der Waals surface area contributed by atoms with Gasteiger partial charge in [0.2, 0.25) is 5.91 Å². The van der Waals surface area contributed by atoms with E-state index in [1.165, 1.54) is 0 Å². The summed E-state index contributed by atoms with van der Waals surface area (Å²) in [6.07, 6.45) is 0. The molecule has 0 radical (unpaired) electrons. The number of amides is 1. The molecule has 1 amide bonds. The number of hydrogen-bond acceptors (Lipinski definition) is 4. The van der Waals surface area contributed by atoms with E-state index < -0.39 is 5.97 Å². The van der Waals surface area contributed by atoms with E-state index in [1.54, 1.807) is 31.3 Å². The first-order chi connectivity index (χ1) is 8.11. The van der Waals surface area contributed by atoms with E-state index in [0.29, 0.717) is 11.4 Å². The van der Waals surface area contributed by atoms with Gasteiger partial charge in [-0.15, -0.1) is 0 Å². The lowest BCUT2D eigenvalue weighted by Crippen LogP contribution is -2.24. The van der Waals surface area contributed by atoms with Gasteiger partial charge in [0, 0.05) is 5.69 Å². The van der Waals surface area contributed by atoms with Gasteiger partial charge >= 0.3 is 5.97 Å². The van der Waals surface area contributed by atoms with Crippen LogP contribution in [0.15, 0.2) is 24.3 Å². The van der Waals surface area contributed by atoms with Gasteiger partial charge in [0.1, 0.15) is 5.75 Å². The highest BCUT2D eigenvalue weighted by Crippen LogP contribution is 2.15. The first-order valence-electron chi connectivity index (χ1n) is 5.01. The van der Waals surface area contributed by atoms with Gasteiger partial charge in [-0.3, -0.25) is 4.79 Å². The summed E-state index contributed by atoms with van der Waals surface area (Å²) in [6, 6.07) is 6.48. The molecule has 0 fully saturated rings. The molecule has 1 aromatic rings. The van der Waals surface area contributed by atoms with E-state index in [4.69, 9.17) is 9.84 Å². The second kappa shape index (κ2) is 6.49. The van der Waals surface area contributed by atoms with Crippen LogP contribution >= 0.6 is 0 Å². The minimum absolute atomic E-state index is 0.147. The Bertz CT molecular complexity index is 389. The lowest BCUT2D eigenvalue weighted by atomic mass is 10.3. The van der Waals surface area contributed by atoms with Crippen molar-refractivity contribution in [3.05, 3.63) is 24.3 Å². The zero-order valence-electron chi connectivity index (χ0n) is 9.40. The Morgan fingerprint density at radius 3 is 2.47 bits per heavy atom. The average molecular weight is 238 g/mol. The predicted molar refractivity (Wildman–Crippen MR) is 62.1 cm³/mol. The van der Waals surface area contributed by atoms with Gasteiger partial charge in [-0.25, -0.2) is 4.79 Å². The van der Waals surface area contributed by atoms with Crippen LogP contribution in [0, 0.1) is 0 Å². The number of carboxylic acid groups (broad SMARTS) is 1. The second-order valence-corrected chi connectivity index (χ2v) is 3.29. The van der Waals surface area contributed by atoms with E-state index in [1.807, 2.05) is 0 Å². The maximum atomic E-state index is 11.2. The Morgan fingerprint density at radius 1 is 1.29 bits per heavy atom. The van der Waals surface area contributed by atoms with E-state index in [2.05, 4.69) is 10.6 Å². The van der Waals surface area contributed by atoms with Crippen molar-refractivity contribution in [2.45, 2.75) is 0 Å². The van der Waals surface area contributed by atoms with Crippen LogP contribution in [0.4, 0.5) is 5.69 Å². The molecule has 0 aliphatic rings. The van der Waals surface area contributed by atoms with Crippen LogP contribution in [0.5, 0.6) is 5.75 Å². The Kier molecular flexibility index (Phi) is 4.96. The zero-order valence-corrected chi connectivity index (χ0v) is 9.40. The van der Waals surface area contributed by atoms with Crippen LogP contribution in [-0.4, -0.2) is 37.2 Å². The average Bonchev–Trinajstić information content (AvgIpc) is 2.28. The number of rotatable bonds is 6. The van der Waals surface area contributed by atoms with Crippen LogP contribution in [0.25, 0.3) is 0 Å². The van der Waals surface area contributed by atoms with Crippen LogP contribution in [0.2, 0.25) is 0 Å². The highest BCUT2D eigenvalue weighted by molar-refractivity contribution is 5.92. The number of nitrogens with one attached hydrogen (secondary N) is 2. The highest BCUT2D eigenvalue weighted by Gasteiger charge is 2.02. The maximum Gasteiger partial charge on any atom is 0.341 e. The molecule has 0 aromatic heterocycles. The van der Waals surface area contributed by atoms with Gasteiger partial charge in [-0.1, -0.05) is 0 Å². The van der Waals surface area contributed by atoms with Crippen LogP contribution in [-0.2, 0) is 9.59 Å². The topological polar surface area (TPSA) is 87.7 Å². The fraction of sp³-hybridized carbons (Fsp3) is 0.273. The Hall–Kier alpha value is -2.08. The molecular weight excluding hydrogens is 224 g/mol. The fourth-order valence-electron chi connectivity index (χ4n) is 1.15. The van der Waals surface area contributed by atoms with Crippen LogP contribution in [0.1, 0.15) is 0 Å². The number of carboxylic acids is 1. The van der Waals surface area contributed by atoms with Gasteiger partial charge in [0.05, 0.1) is 6.54 Å². The molecule has 0 saturated heterocycles.